The number of ketones is 1. The Hall–Kier alpha value is -1.43. The van der Waals surface area contributed by atoms with Crippen LogP contribution in [0.1, 0.15) is 39.0 Å². The second kappa shape index (κ2) is 5.91. The van der Waals surface area contributed by atoms with Gasteiger partial charge in [0.15, 0.2) is 5.78 Å². The van der Waals surface area contributed by atoms with E-state index in [0.717, 1.165) is 12.3 Å². The molecule has 0 amide bonds. The van der Waals surface area contributed by atoms with Crippen LogP contribution < -0.4 is 5.32 Å². The summed E-state index contributed by atoms with van der Waals surface area (Å²) >= 11 is 0. The molecular formula is C14H19F3N2O. The van der Waals surface area contributed by atoms with Crippen LogP contribution in [-0.4, -0.2) is 22.3 Å². The number of pyridine rings is 1. The molecule has 0 aromatic carbocycles. The molecule has 112 valence electrons. The Morgan fingerprint density at radius 2 is 1.90 bits per heavy atom. The van der Waals surface area contributed by atoms with E-state index in [1.807, 2.05) is 13.8 Å². The highest BCUT2D eigenvalue weighted by atomic mass is 19.4. The van der Waals surface area contributed by atoms with Crippen molar-refractivity contribution in [3.8, 4) is 0 Å². The Labute approximate surface area is 116 Å². The molecule has 1 rings (SSSR count). The molecule has 0 spiro atoms. The maximum absolute atomic E-state index is 12.4. The average Bonchev–Trinajstić information content (AvgIpc) is 2.26. The first-order valence-electron chi connectivity index (χ1n) is 6.35. The van der Waals surface area contributed by atoms with Gasteiger partial charge in [0.2, 0.25) is 0 Å². The van der Waals surface area contributed by atoms with Crippen LogP contribution in [-0.2, 0) is 17.4 Å². The molecule has 1 aromatic heterocycles. The maximum Gasteiger partial charge on any atom is 0.417 e. The van der Waals surface area contributed by atoms with Crippen molar-refractivity contribution in [2.45, 2.75) is 51.9 Å². The summed E-state index contributed by atoms with van der Waals surface area (Å²) in [4.78, 5) is 15.8. The minimum atomic E-state index is -4.41. The number of Topliss-reactive ketones (excluding diaryl/α,β-unsaturated/α-hetero) is 1. The van der Waals surface area contributed by atoms with Gasteiger partial charge >= 0.3 is 6.18 Å². The van der Waals surface area contributed by atoms with Crippen LogP contribution in [0.25, 0.3) is 0 Å². The van der Waals surface area contributed by atoms with E-state index in [9.17, 15) is 18.0 Å². The predicted molar refractivity (Wildman–Crippen MR) is 70.3 cm³/mol. The molecule has 0 fully saturated rings. The summed E-state index contributed by atoms with van der Waals surface area (Å²) < 4.78 is 37.2. The number of carbonyl (C=O) groups excluding carboxylic acids is 1. The highest BCUT2D eigenvalue weighted by molar-refractivity contribution is 5.89. The van der Waals surface area contributed by atoms with Crippen molar-refractivity contribution in [1.29, 1.82) is 0 Å². The number of carbonyl (C=O) groups is 1. The van der Waals surface area contributed by atoms with Crippen LogP contribution in [0.3, 0.4) is 0 Å². The van der Waals surface area contributed by atoms with Crippen molar-refractivity contribution in [1.82, 2.24) is 10.3 Å². The smallest absolute Gasteiger partial charge is 0.303 e. The third kappa shape index (κ3) is 4.59. The highest BCUT2D eigenvalue weighted by Crippen LogP contribution is 2.28. The lowest BCUT2D eigenvalue weighted by atomic mass is 9.94. The average molecular weight is 288 g/mol. The second-order valence-electron chi connectivity index (χ2n) is 5.56. The van der Waals surface area contributed by atoms with Crippen LogP contribution in [0.2, 0.25) is 0 Å². The van der Waals surface area contributed by atoms with E-state index in [1.54, 1.807) is 13.8 Å². The number of hydrogen-bond donors (Lipinski definition) is 1. The molecule has 0 radical (unpaired) electrons. The fourth-order valence-electron chi connectivity index (χ4n) is 1.88. The third-order valence-corrected chi connectivity index (χ3v) is 2.84. The van der Waals surface area contributed by atoms with Crippen molar-refractivity contribution in [3.63, 3.8) is 0 Å². The molecule has 6 heteroatoms. The van der Waals surface area contributed by atoms with Gasteiger partial charge in [0, 0.05) is 17.9 Å². The lowest BCUT2D eigenvalue weighted by molar-refractivity contribution is -0.137. The molecule has 1 aromatic rings. The Balaban J connectivity index is 2.76. The molecule has 0 unspecified atom stereocenters. The quantitative estimate of drug-likeness (QED) is 0.905. The minimum Gasteiger partial charge on any atom is -0.303 e. The van der Waals surface area contributed by atoms with Crippen LogP contribution in [0.4, 0.5) is 13.2 Å². The van der Waals surface area contributed by atoms with Crippen LogP contribution in [0.5, 0.6) is 0 Å². The summed E-state index contributed by atoms with van der Waals surface area (Å²) in [5.41, 5.74) is -1.21. The fourth-order valence-corrected chi connectivity index (χ4v) is 1.88. The van der Waals surface area contributed by atoms with Crippen LogP contribution in [0, 0.1) is 0 Å². The van der Waals surface area contributed by atoms with Gasteiger partial charge in [-0.05, 0) is 39.8 Å². The topological polar surface area (TPSA) is 42.0 Å². The van der Waals surface area contributed by atoms with Crippen LogP contribution in [0.15, 0.2) is 18.3 Å². The van der Waals surface area contributed by atoms with E-state index in [2.05, 4.69) is 10.3 Å². The number of hydrogen-bond acceptors (Lipinski definition) is 3. The number of alkyl halides is 3. The van der Waals surface area contributed by atoms with Crippen LogP contribution >= 0.6 is 0 Å². The number of rotatable bonds is 5. The predicted octanol–water partition coefficient (Wildman–Crippen LogP) is 2.99. The van der Waals surface area contributed by atoms with Gasteiger partial charge in [-0.1, -0.05) is 0 Å². The Morgan fingerprint density at radius 1 is 1.30 bits per heavy atom. The molecule has 0 aliphatic rings. The van der Waals surface area contributed by atoms with E-state index in [0.29, 0.717) is 5.69 Å². The maximum atomic E-state index is 12.4. The van der Waals surface area contributed by atoms with Gasteiger partial charge in [0.1, 0.15) is 0 Å². The number of aromatic nitrogens is 1. The first-order valence-corrected chi connectivity index (χ1v) is 6.35. The fraction of sp³-hybridized carbons (Fsp3) is 0.571. The summed E-state index contributed by atoms with van der Waals surface area (Å²) in [6.45, 7) is 7.34. The molecule has 0 saturated carbocycles. The van der Waals surface area contributed by atoms with Crippen molar-refractivity contribution < 1.29 is 18.0 Å². The third-order valence-electron chi connectivity index (χ3n) is 2.84. The Morgan fingerprint density at radius 3 is 2.30 bits per heavy atom. The summed E-state index contributed by atoms with van der Waals surface area (Å²) in [6, 6.07) is 2.32. The zero-order valence-electron chi connectivity index (χ0n) is 12.0. The standard InChI is InChI=1S/C14H19F3N2O/c1-9(2)19-13(3,4)12(20)7-11-6-5-10(8-18-11)14(15,16)17/h5-6,8-9,19H,7H2,1-4H3. The zero-order valence-corrected chi connectivity index (χ0v) is 12.0. The van der Waals surface area contributed by atoms with Gasteiger partial charge in [-0.3, -0.25) is 9.78 Å². The molecule has 1 heterocycles. The molecule has 3 nitrogen and oxygen atoms in total. The van der Waals surface area contributed by atoms with Gasteiger partial charge < -0.3 is 5.32 Å². The normalized spacial score (nSPS) is 12.8. The van der Waals surface area contributed by atoms with E-state index in [1.165, 1.54) is 6.07 Å². The molecule has 0 saturated heterocycles. The van der Waals surface area contributed by atoms with Gasteiger partial charge in [-0.25, -0.2) is 0 Å². The molecule has 0 aliphatic heterocycles. The number of nitrogens with zero attached hydrogens (tertiary/aromatic N) is 1. The van der Waals surface area contributed by atoms with E-state index < -0.39 is 17.3 Å². The molecule has 0 bridgehead atoms. The lowest BCUT2D eigenvalue weighted by Gasteiger charge is -2.27. The van der Waals surface area contributed by atoms with E-state index in [4.69, 9.17) is 0 Å². The SMILES string of the molecule is CC(C)NC(C)(C)C(=O)Cc1ccc(C(F)(F)F)cn1. The Bertz CT molecular complexity index is 464. The molecule has 1 N–H and O–H groups in total. The number of halogens is 3. The highest BCUT2D eigenvalue weighted by Gasteiger charge is 2.31. The van der Waals surface area contributed by atoms with Crippen molar-refractivity contribution >= 4 is 5.78 Å². The number of nitrogens with one attached hydrogen (secondary N) is 1. The summed E-state index contributed by atoms with van der Waals surface area (Å²) in [7, 11) is 0. The van der Waals surface area contributed by atoms with Gasteiger partial charge in [0.25, 0.3) is 0 Å². The van der Waals surface area contributed by atoms with Gasteiger partial charge in [0.05, 0.1) is 17.5 Å². The van der Waals surface area contributed by atoms with E-state index in [-0.39, 0.29) is 18.2 Å². The van der Waals surface area contributed by atoms with E-state index >= 15 is 0 Å². The van der Waals surface area contributed by atoms with Gasteiger partial charge in [-0.15, -0.1) is 0 Å². The van der Waals surface area contributed by atoms with Gasteiger partial charge in [-0.2, -0.15) is 13.2 Å². The molecule has 0 atom stereocenters. The Kier molecular flexibility index (Phi) is 4.91. The van der Waals surface area contributed by atoms with Crippen molar-refractivity contribution in [3.05, 3.63) is 29.6 Å². The van der Waals surface area contributed by atoms with Crippen molar-refractivity contribution in [2.24, 2.45) is 0 Å². The molecule has 0 aliphatic carbocycles. The minimum absolute atomic E-state index is 0.00482. The molecular weight excluding hydrogens is 269 g/mol. The van der Waals surface area contributed by atoms with Crippen molar-refractivity contribution in [2.75, 3.05) is 0 Å². The second-order valence-corrected chi connectivity index (χ2v) is 5.56. The summed E-state index contributed by atoms with van der Waals surface area (Å²) in [5, 5.41) is 3.12. The zero-order chi connectivity index (χ0) is 15.6. The first-order chi connectivity index (χ1) is 9.02. The molecule has 20 heavy (non-hydrogen) atoms. The largest absolute Gasteiger partial charge is 0.417 e. The monoisotopic (exact) mass is 288 g/mol. The lowest BCUT2D eigenvalue weighted by Crippen LogP contribution is -2.50. The summed E-state index contributed by atoms with van der Waals surface area (Å²) in [5.74, 6) is -0.113. The first kappa shape index (κ1) is 16.6. The summed E-state index contributed by atoms with van der Waals surface area (Å²) in [6.07, 6.45) is -3.65.